The Morgan fingerprint density at radius 3 is 2.59 bits per heavy atom. The Kier molecular flexibility index (Phi) is 5.26. The normalized spacial score (nSPS) is 11.1. The van der Waals surface area contributed by atoms with E-state index in [9.17, 15) is 9.59 Å². The van der Waals surface area contributed by atoms with Gasteiger partial charge in [-0.25, -0.2) is 9.97 Å². The highest BCUT2D eigenvalue weighted by atomic mass is 32.2. The van der Waals surface area contributed by atoms with Gasteiger partial charge in [-0.2, -0.15) is 4.52 Å². The molecular weight excluding hydrogens is 386 g/mol. The summed E-state index contributed by atoms with van der Waals surface area (Å²) in [6.07, 6.45) is 0.409. The van der Waals surface area contributed by atoms with E-state index in [2.05, 4.69) is 20.4 Å². The number of ketones is 1. The van der Waals surface area contributed by atoms with Gasteiger partial charge in [0.15, 0.2) is 16.6 Å². The number of aromatic nitrogens is 4. The van der Waals surface area contributed by atoms with Crippen molar-refractivity contribution in [3.63, 3.8) is 0 Å². The Bertz CT molecular complexity index is 1220. The number of benzene rings is 2. The van der Waals surface area contributed by atoms with Crippen molar-refractivity contribution in [2.45, 2.75) is 25.4 Å². The van der Waals surface area contributed by atoms with Gasteiger partial charge in [-0.3, -0.25) is 9.59 Å². The largest absolute Gasteiger partial charge is 0.326 e. The molecule has 7 nitrogen and oxygen atoms in total. The summed E-state index contributed by atoms with van der Waals surface area (Å²) in [7, 11) is 0. The van der Waals surface area contributed by atoms with Crippen LogP contribution in [0.2, 0.25) is 0 Å². The van der Waals surface area contributed by atoms with Crippen LogP contribution in [0.15, 0.2) is 53.7 Å². The molecule has 1 amide bonds. The number of para-hydroxylation sites is 1. The Balaban J connectivity index is 1.54. The maximum atomic E-state index is 12.6. The molecule has 8 heteroatoms. The number of rotatable bonds is 6. The minimum atomic E-state index is -0.0610. The van der Waals surface area contributed by atoms with Crippen molar-refractivity contribution in [2.24, 2.45) is 0 Å². The van der Waals surface area contributed by atoms with Gasteiger partial charge < -0.3 is 5.32 Å². The molecule has 4 aromatic rings. The van der Waals surface area contributed by atoms with Crippen molar-refractivity contribution < 1.29 is 9.59 Å². The zero-order valence-electron chi connectivity index (χ0n) is 16.0. The summed E-state index contributed by atoms with van der Waals surface area (Å²) in [6.45, 7) is 3.62. The molecule has 2 aromatic heterocycles. The number of Topliss-reactive ketones (excluding diaryl/α,β-unsaturated/α-hetero) is 1. The molecule has 0 aliphatic heterocycles. The molecule has 4 rings (SSSR count). The molecule has 0 radical (unpaired) electrons. The molecule has 0 atom stereocenters. The fraction of sp³-hybridized carbons (Fsp3) is 0.190. The third kappa shape index (κ3) is 3.97. The lowest BCUT2D eigenvalue weighted by atomic mass is 10.1. The number of nitrogens with one attached hydrogen (secondary N) is 1. The van der Waals surface area contributed by atoms with Gasteiger partial charge in [-0.1, -0.05) is 30.8 Å². The van der Waals surface area contributed by atoms with Crippen LogP contribution in [-0.4, -0.2) is 37.0 Å². The van der Waals surface area contributed by atoms with Crippen LogP contribution >= 0.6 is 11.8 Å². The van der Waals surface area contributed by atoms with Gasteiger partial charge in [-0.15, -0.1) is 5.10 Å². The Labute approximate surface area is 171 Å². The first kappa shape index (κ1) is 19.1. The van der Waals surface area contributed by atoms with E-state index >= 15 is 0 Å². The Morgan fingerprint density at radius 2 is 1.83 bits per heavy atom. The van der Waals surface area contributed by atoms with E-state index in [1.807, 2.05) is 31.2 Å². The summed E-state index contributed by atoms with van der Waals surface area (Å²) in [5.41, 5.74) is 2.81. The zero-order valence-corrected chi connectivity index (χ0v) is 16.9. The number of carbonyl (C=O) groups is 2. The maximum absolute atomic E-state index is 12.6. The number of hydrogen-bond donors (Lipinski definition) is 1. The Hall–Kier alpha value is -3.26. The molecule has 0 saturated heterocycles. The number of fused-ring (bicyclic) bond motifs is 3. The van der Waals surface area contributed by atoms with Crippen molar-refractivity contribution in [1.82, 2.24) is 19.6 Å². The smallest absolute Gasteiger partial charge is 0.224 e. The van der Waals surface area contributed by atoms with Crippen molar-refractivity contribution in [2.75, 3.05) is 11.1 Å². The summed E-state index contributed by atoms with van der Waals surface area (Å²) < 4.78 is 1.69. The SMILES string of the molecule is CCC(=O)Nc1ccc(C(=O)CSc2nc3ccccc3c3nc(C)nn23)cc1. The second-order valence-corrected chi connectivity index (χ2v) is 7.44. The van der Waals surface area contributed by atoms with Gasteiger partial charge in [0.05, 0.1) is 11.3 Å². The lowest BCUT2D eigenvalue weighted by Gasteiger charge is -2.07. The third-order valence-electron chi connectivity index (χ3n) is 4.40. The monoisotopic (exact) mass is 405 g/mol. The zero-order chi connectivity index (χ0) is 20.4. The van der Waals surface area contributed by atoms with Gasteiger partial charge in [0.25, 0.3) is 0 Å². The third-order valence-corrected chi connectivity index (χ3v) is 5.33. The molecule has 0 fully saturated rings. The number of thioether (sulfide) groups is 1. The van der Waals surface area contributed by atoms with Crippen LogP contribution in [0.1, 0.15) is 29.5 Å². The highest BCUT2D eigenvalue weighted by molar-refractivity contribution is 7.99. The molecule has 0 saturated carbocycles. The standard InChI is InChI=1S/C21H19N5O2S/c1-3-19(28)23-15-10-8-14(9-11-15)18(27)12-29-21-24-17-7-5-4-6-16(17)20-22-13(2)25-26(20)21/h4-11H,3,12H2,1-2H3,(H,23,28). The van der Waals surface area contributed by atoms with Crippen molar-refractivity contribution in [3.05, 3.63) is 59.9 Å². The van der Waals surface area contributed by atoms with Crippen LogP contribution in [0.3, 0.4) is 0 Å². The molecule has 2 heterocycles. The molecule has 0 aliphatic carbocycles. The summed E-state index contributed by atoms with van der Waals surface area (Å²) >= 11 is 1.33. The van der Waals surface area contributed by atoms with Gasteiger partial charge >= 0.3 is 0 Å². The van der Waals surface area contributed by atoms with E-state index in [-0.39, 0.29) is 17.4 Å². The number of nitrogens with zero attached hydrogens (tertiary/aromatic N) is 4. The summed E-state index contributed by atoms with van der Waals surface area (Å²) in [4.78, 5) is 33.3. The average Bonchev–Trinajstić information content (AvgIpc) is 3.14. The van der Waals surface area contributed by atoms with Crippen LogP contribution in [0.4, 0.5) is 5.69 Å². The first-order chi connectivity index (χ1) is 14.0. The number of hydrogen-bond acceptors (Lipinski definition) is 6. The molecule has 0 bridgehead atoms. The lowest BCUT2D eigenvalue weighted by molar-refractivity contribution is -0.115. The van der Waals surface area contributed by atoms with Gasteiger partial charge in [0.1, 0.15) is 5.82 Å². The first-order valence-electron chi connectivity index (χ1n) is 9.23. The quantitative estimate of drug-likeness (QED) is 0.297. The molecule has 0 spiro atoms. The molecule has 29 heavy (non-hydrogen) atoms. The van der Waals surface area contributed by atoms with Gasteiger partial charge in [-0.05, 0) is 43.3 Å². The van der Waals surface area contributed by atoms with Crippen molar-refractivity contribution in [1.29, 1.82) is 0 Å². The van der Waals surface area contributed by atoms with Crippen molar-refractivity contribution >= 4 is 45.7 Å². The average molecular weight is 405 g/mol. The highest BCUT2D eigenvalue weighted by Gasteiger charge is 2.14. The lowest BCUT2D eigenvalue weighted by Crippen LogP contribution is -2.10. The Morgan fingerprint density at radius 1 is 1.07 bits per heavy atom. The fourth-order valence-electron chi connectivity index (χ4n) is 2.93. The van der Waals surface area contributed by atoms with E-state index in [0.29, 0.717) is 28.7 Å². The van der Waals surface area contributed by atoms with E-state index in [0.717, 1.165) is 16.6 Å². The number of carbonyl (C=O) groups excluding carboxylic acids is 2. The molecule has 146 valence electrons. The summed E-state index contributed by atoms with van der Waals surface area (Å²) in [5, 5.41) is 8.75. The number of aryl methyl sites for hydroxylation is 1. The fourth-order valence-corrected chi connectivity index (χ4v) is 3.77. The summed E-state index contributed by atoms with van der Waals surface area (Å²) in [6, 6.07) is 14.7. The van der Waals surface area contributed by atoms with Gasteiger partial charge in [0.2, 0.25) is 5.91 Å². The van der Waals surface area contributed by atoms with Gasteiger partial charge in [0, 0.05) is 23.1 Å². The topological polar surface area (TPSA) is 89.2 Å². The van der Waals surface area contributed by atoms with Crippen LogP contribution in [-0.2, 0) is 4.79 Å². The first-order valence-corrected chi connectivity index (χ1v) is 10.2. The van der Waals surface area contributed by atoms with E-state index in [4.69, 9.17) is 0 Å². The molecule has 0 unspecified atom stereocenters. The van der Waals surface area contributed by atoms with Crippen LogP contribution in [0.5, 0.6) is 0 Å². The second kappa shape index (κ2) is 8.00. The van der Waals surface area contributed by atoms with Crippen LogP contribution in [0.25, 0.3) is 16.6 Å². The molecule has 1 N–H and O–H groups in total. The maximum Gasteiger partial charge on any atom is 0.224 e. The molecular formula is C21H19N5O2S. The minimum Gasteiger partial charge on any atom is -0.326 e. The summed E-state index contributed by atoms with van der Waals surface area (Å²) in [5.74, 6) is 0.790. The van der Waals surface area contributed by atoms with E-state index < -0.39 is 0 Å². The van der Waals surface area contributed by atoms with Crippen molar-refractivity contribution in [3.8, 4) is 0 Å². The number of amides is 1. The predicted octanol–water partition coefficient (Wildman–Crippen LogP) is 3.91. The second-order valence-electron chi connectivity index (χ2n) is 6.50. The van der Waals surface area contributed by atoms with E-state index in [1.54, 1.807) is 35.7 Å². The highest BCUT2D eigenvalue weighted by Crippen LogP contribution is 2.24. The molecule has 2 aromatic carbocycles. The number of anilines is 1. The van der Waals surface area contributed by atoms with Crippen LogP contribution < -0.4 is 5.32 Å². The molecule has 0 aliphatic rings. The minimum absolute atomic E-state index is 0.0247. The predicted molar refractivity (Wildman–Crippen MR) is 113 cm³/mol. The van der Waals surface area contributed by atoms with E-state index in [1.165, 1.54) is 11.8 Å². The van der Waals surface area contributed by atoms with Crippen LogP contribution in [0, 0.1) is 6.92 Å².